The summed E-state index contributed by atoms with van der Waals surface area (Å²) < 4.78 is 0. The Labute approximate surface area is 97.9 Å². The lowest BCUT2D eigenvalue weighted by atomic mass is 9.80. The zero-order valence-corrected chi connectivity index (χ0v) is 10.6. The van der Waals surface area contributed by atoms with Crippen molar-refractivity contribution in [2.24, 2.45) is 0 Å². The summed E-state index contributed by atoms with van der Waals surface area (Å²) in [5.41, 5.74) is 1.23. The monoisotopic (exact) mass is 222 g/mol. The van der Waals surface area contributed by atoms with Crippen molar-refractivity contribution in [2.45, 2.75) is 45.1 Å². The van der Waals surface area contributed by atoms with Gasteiger partial charge in [0.25, 0.3) is 0 Å². The van der Waals surface area contributed by atoms with Gasteiger partial charge < -0.3 is 10.2 Å². The first kappa shape index (κ1) is 13.2. The van der Waals surface area contributed by atoms with Gasteiger partial charge in [0.1, 0.15) is 0 Å². The number of hydrogen-bond donors (Lipinski definition) is 2. The Balaban J connectivity index is 3.11. The smallest absolute Gasteiger partial charge is 0.0632 e. The average Bonchev–Trinajstić information content (AvgIpc) is 2.16. The molecule has 1 aromatic rings. The molecule has 0 aliphatic carbocycles. The first-order valence-electron chi connectivity index (χ1n) is 5.68. The van der Waals surface area contributed by atoms with Crippen LogP contribution in [0.5, 0.6) is 0 Å². The van der Waals surface area contributed by atoms with Crippen molar-refractivity contribution in [1.29, 1.82) is 0 Å². The number of hydrogen-bond acceptors (Lipinski definition) is 2. The third-order valence-corrected chi connectivity index (χ3v) is 2.76. The highest BCUT2D eigenvalue weighted by Crippen LogP contribution is 2.28. The summed E-state index contributed by atoms with van der Waals surface area (Å²) in [4.78, 5) is 0. The van der Waals surface area contributed by atoms with Gasteiger partial charge in [0, 0.05) is 11.8 Å². The highest BCUT2D eigenvalue weighted by Gasteiger charge is 2.24. The first-order chi connectivity index (χ1) is 7.26. The van der Waals surface area contributed by atoms with Gasteiger partial charge in [-0.1, -0.05) is 38.1 Å². The Morgan fingerprint density at radius 1 is 1.06 bits per heavy atom. The fraction of sp³-hybridized carbons (Fsp3) is 0.571. The molecule has 90 valence electrons. The minimum atomic E-state index is -0.721. The highest BCUT2D eigenvalue weighted by atomic mass is 16.3. The molecule has 0 saturated heterocycles. The Kier molecular flexibility index (Phi) is 3.76. The van der Waals surface area contributed by atoms with Gasteiger partial charge in [-0.2, -0.15) is 0 Å². The van der Waals surface area contributed by atoms with Crippen LogP contribution in [0.15, 0.2) is 24.3 Å². The second-order valence-electron chi connectivity index (χ2n) is 5.69. The summed E-state index contributed by atoms with van der Waals surface area (Å²) >= 11 is 0. The minimum Gasteiger partial charge on any atom is -0.395 e. The van der Waals surface area contributed by atoms with Crippen LogP contribution in [-0.2, 0) is 11.8 Å². The van der Waals surface area contributed by atoms with E-state index in [9.17, 15) is 10.2 Å². The molecule has 2 nitrogen and oxygen atoms in total. The molecule has 0 saturated carbocycles. The van der Waals surface area contributed by atoms with Gasteiger partial charge in [0.05, 0.1) is 12.2 Å². The van der Waals surface area contributed by atoms with E-state index in [0.717, 1.165) is 11.1 Å². The Bertz CT molecular complexity index is 348. The molecule has 1 aromatic carbocycles. The van der Waals surface area contributed by atoms with Gasteiger partial charge in [-0.15, -0.1) is 0 Å². The van der Waals surface area contributed by atoms with Crippen molar-refractivity contribution in [3.8, 4) is 0 Å². The van der Waals surface area contributed by atoms with Crippen molar-refractivity contribution < 1.29 is 10.2 Å². The molecule has 0 atom stereocenters. The van der Waals surface area contributed by atoms with Gasteiger partial charge in [0.15, 0.2) is 0 Å². The van der Waals surface area contributed by atoms with Crippen LogP contribution in [0.25, 0.3) is 0 Å². The van der Waals surface area contributed by atoms with Crippen LogP contribution in [0.4, 0.5) is 0 Å². The van der Waals surface area contributed by atoms with Crippen molar-refractivity contribution in [3.05, 3.63) is 35.4 Å². The summed E-state index contributed by atoms with van der Waals surface area (Å²) in [5.74, 6) is 0. The maximum Gasteiger partial charge on any atom is 0.0632 e. The predicted molar refractivity (Wildman–Crippen MR) is 66.6 cm³/mol. The van der Waals surface area contributed by atoms with Crippen molar-refractivity contribution >= 4 is 0 Å². The predicted octanol–water partition coefficient (Wildman–Crippen LogP) is 2.27. The van der Waals surface area contributed by atoms with Crippen LogP contribution in [0.1, 0.15) is 38.8 Å². The molecule has 0 bridgehead atoms. The summed E-state index contributed by atoms with van der Waals surface area (Å²) in [6.45, 7) is 7.73. The van der Waals surface area contributed by atoms with Gasteiger partial charge in [0.2, 0.25) is 0 Å². The van der Waals surface area contributed by atoms with E-state index in [4.69, 9.17) is 0 Å². The van der Waals surface area contributed by atoms with E-state index < -0.39 is 5.60 Å². The number of aliphatic hydroxyl groups excluding tert-OH is 1. The Morgan fingerprint density at radius 3 is 2.12 bits per heavy atom. The van der Waals surface area contributed by atoms with E-state index in [-0.39, 0.29) is 12.0 Å². The zero-order chi connectivity index (χ0) is 12.4. The first-order valence-corrected chi connectivity index (χ1v) is 5.68. The van der Waals surface area contributed by atoms with E-state index >= 15 is 0 Å². The molecule has 2 N–H and O–H groups in total. The quantitative estimate of drug-likeness (QED) is 0.820. The lowest BCUT2D eigenvalue weighted by Gasteiger charge is -2.28. The molecule has 0 aromatic heterocycles. The third kappa shape index (κ3) is 3.32. The standard InChI is InChI=1S/C14H22O2/c1-13(2,10-15)12-8-6-5-7-11(12)9-14(3,4)16/h5-8,15-16H,9-10H2,1-4H3. The van der Waals surface area contributed by atoms with E-state index in [1.165, 1.54) is 0 Å². The molecule has 0 heterocycles. The summed E-state index contributed by atoms with van der Waals surface area (Å²) in [7, 11) is 0. The van der Waals surface area contributed by atoms with Gasteiger partial charge >= 0.3 is 0 Å². The molecule has 0 spiro atoms. The molecule has 1 rings (SSSR count). The summed E-state index contributed by atoms with van der Waals surface area (Å²) in [6.07, 6.45) is 0.604. The maximum absolute atomic E-state index is 9.87. The van der Waals surface area contributed by atoms with Gasteiger partial charge in [-0.05, 0) is 25.0 Å². The van der Waals surface area contributed by atoms with E-state index in [0.29, 0.717) is 6.42 Å². The van der Waals surface area contributed by atoms with Crippen molar-refractivity contribution in [1.82, 2.24) is 0 Å². The molecular formula is C14H22O2. The lowest BCUT2D eigenvalue weighted by Crippen LogP contribution is -2.28. The fourth-order valence-corrected chi connectivity index (χ4v) is 1.89. The molecule has 2 heteroatoms. The molecule has 0 amide bonds. The van der Waals surface area contributed by atoms with Crippen molar-refractivity contribution in [3.63, 3.8) is 0 Å². The van der Waals surface area contributed by atoms with Crippen LogP contribution in [0, 0.1) is 0 Å². The number of aliphatic hydroxyl groups is 2. The minimum absolute atomic E-state index is 0.107. The largest absolute Gasteiger partial charge is 0.395 e. The Hall–Kier alpha value is -0.860. The molecule has 16 heavy (non-hydrogen) atoms. The van der Waals surface area contributed by atoms with E-state index in [1.54, 1.807) is 13.8 Å². The second kappa shape index (κ2) is 4.56. The summed E-state index contributed by atoms with van der Waals surface area (Å²) in [5, 5.41) is 19.3. The van der Waals surface area contributed by atoms with Crippen LogP contribution in [0.2, 0.25) is 0 Å². The average molecular weight is 222 g/mol. The molecular weight excluding hydrogens is 200 g/mol. The van der Waals surface area contributed by atoms with Crippen LogP contribution >= 0.6 is 0 Å². The molecule has 0 unspecified atom stereocenters. The highest BCUT2D eigenvalue weighted by molar-refractivity contribution is 5.34. The second-order valence-corrected chi connectivity index (χ2v) is 5.69. The van der Waals surface area contributed by atoms with Crippen LogP contribution < -0.4 is 0 Å². The SMILES string of the molecule is CC(C)(O)Cc1ccccc1C(C)(C)CO. The number of rotatable bonds is 4. The topological polar surface area (TPSA) is 40.5 Å². The third-order valence-electron chi connectivity index (χ3n) is 2.76. The Morgan fingerprint density at radius 2 is 1.62 bits per heavy atom. The zero-order valence-electron chi connectivity index (χ0n) is 10.6. The molecule has 0 fully saturated rings. The van der Waals surface area contributed by atoms with Crippen molar-refractivity contribution in [2.75, 3.05) is 6.61 Å². The van der Waals surface area contributed by atoms with Crippen LogP contribution in [0.3, 0.4) is 0 Å². The normalized spacial score (nSPS) is 12.9. The van der Waals surface area contributed by atoms with Gasteiger partial charge in [-0.25, -0.2) is 0 Å². The fourth-order valence-electron chi connectivity index (χ4n) is 1.89. The van der Waals surface area contributed by atoms with E-state index in [1.807, 2.05) is 38.1 Å². The molecule has 0 radical (unpaired) electrons. The lowest BCUT2D eigenvalue weighted by molar-refractivity contribution is 0.0802. The maximum atomic E-state index is 9.87. The molecule has 0 aliphatic rings. The van der Waals surface area contributed by atoms with Gasteiger partial charge in [-0.3, -0.25) is 0 Å². The van der Waals surface area contributed by atoms with Crippen LogP contribution in [-0.4, -0.2) is 22.4 Å². The molecule has 0 aliphatic heterocycles. The van der Waals surface area contributed by atoms with E-state index in [2.05, 4.69) is 0 Å². The summed E-state index contributed by atoms with van der Waals surface area (Å²) in [6, 6.07) is 7.99. The number of benzene rings is 1.